The molecular formula is C10H12BrFN2O4. The molecule has 0 bridgehead atoms. The molecule has 1 unspecified atom stereocenters. The third-order valence-corrected chi connectivity index (χ3v) is 2.79. The van der Waals surface area contributed by atoms with Crippen molar-refractivity contribution >= 4 is 27.3 Å². The summed E-state index contributed by atoms with van der Waals surface area (Å²) < 4.78 is 18.2. The third kappa shape index (κ3) is 3.62. The molecule has 8 heteroatoms. The zero-order chi connectivity index (χ0) is 13.7. The molecule has 0 aromatic heterocycles. The summed E-state index contributed by atoms with van der Waals surface area (Å²) in [5.74, 6) is -0.723. The van der Waals surface area contributed by atoms with Crippen molar-refractivity contribution in [2.45, 2.75) is 6.04 Å². The quantitative estimate of drug-likeness (QED) is 0.617. The van der Waals surface area contributed by atoms with E-state index in [2.05, 4.69) is 21.2 Å². The largest absolute Gasteiger partial charge is 0.394 e. The van der Waals surface area contributed by atoms with Gasteiger partial charge in [0.2, 0.25) is 0 Å². The van der Waals surface area contributed by atoms with E-state index >= 15 is 0 Å². The first-order chi connectivity index (χ1) is 8.49. The van der Waals surface area contributed by atoms with Crippen LogP contribution in [0, 0.1) is 15.9 Å². The summed E-state index contributed by atoms with van der Waals surface area (Å²) in [6, 6.07) is 1.56. The molecule has 1 aromatic rings. The lowest BCUT2D eigenvalue weighted by atomic mass is 10.2. The maximum absolute atomic E-state index is 13.2. The number of hydrogen-bond acceptors (Lipinski definition) is 5. The van der Waals surface area contributed by atoms with Crippen molar-refractivity contribution in [2.75, 3.05) is 25.6 Å². The first-order valence-electron chi connectivity index (χ1n) is 4.99. The second-order valence-corrected chi connectivity index (χ2v) is 4.37. The predicted octanol–water partition coefficient (Wildman–Crippen LogP) is 1.92. The molecule has 1 aromatic carbocycles. The standard InChI is InChI=1S/C10H12BrFN2O4/c1-18-5-6(4-15)13-9-2-7(11)8(12)3-10(9)14(16)17/h2-3,6,13,15H,4-5H2,1H3. The number of benzene rings is 1. The van der Waals surface area contributed by atoms with Gasteiger partial charge in [-0.05, 0) is 22.0 Å². The van der Waals surface area contributed by atoms with Crippen LogP contribution in [0.4, 0.5) is 15.8 Å². The fraction of sp³-hybridized carbons (Fsp3) is 0.400. The highest BCUT2D eigenvalue weighted by atomic mass is 79.9. The molecular weight excluding hydrogens is 311 g/mol. The van der Waals surface area contributed by atoms with Gasteiger partial charge in [-0.25, -0.2) is 4.39 Å². The molecule has 0 aliphatic carbocycles. The Bertz CT molecular complexity index is 444. The van der Waals surface area contributed by atoms with Gasteiger partial charge < -0.3 is 15.2 Å². The Morgan fingerprint density at radius 1 is 1.67 bits per heavy atom. The van der Waals surface area contributed by atoms with Crippen LogP contribution in [0.2, 0.25) is 0 Å². The van der Waals surface area contributed by atoms with E-state index in [1.54, 1.807) is 0 Å². The maximum atomic E-state index is 13.2. The number of halogens is 2. The fourth-order valence-corrected chi connectivity index (χ4v) is 1.71. The second-order valence-electron chi connectivity index (χ2n) is 3.52. The Kier molecular flexibility index (Phi) is 5.45. The zero-order valence-corrected chi connectivity index (χ0v) is 11.1. The summed E-state index contributed by atoms with van der Waals surface area (Å²) in [6.07, 6.45) is 0. The van der Waals surface area contributed by atoms with E-state index in [9.17, 15) is 14.5 Å². The van der Waals surface area contributed by atoms with Crippen LogP contribution in [0.3, 0.4) is 0 Å². The highest BCUT2D eigenvalue weighted by molar-refractivity contribution is 9.10. The Hall–Kier alpha value is -1.25. The van der Waals surface area contributed by atoms with Crippen LogP contribution >= 0.6 is 15.9 Å². The molecule has 0 saturated carbocycles. The minimum absolute atomic E-state index is 0.102. The van der Waals surface area contributed by atoms with E-state index in [0.29, 0.717) is 0 Å². The van der Waals surface area contributed by atoms with Crippen LogP contribution in [0.1, 0.15) is 0 Å². The summed E-state index contributed by atoms with van der Waals surface area (Å²) in [4.78, 5) is 10.1. The van der Waals surface area contributed by atoms with Gasteiger partial charge in [0.25, 0.3) is 5.69 Å². The average molecular weight is 323 g/mol. The average Bonchev–Trinajstić information content (AvgIpc) is 2.32. The summed E-state index contributed by atoms with van der Waals surface area (Å²) in [6.45, 7) is -0.0946. The van der Waals surface area contributed by atoms with Gasteiger partial charge in [0.05, 0.1) is 34.7 Å². The lowest BCUT2D eigenvalue weighted by molar-refractivity contribution is -0.384. The summed E-state index contributed by atoms with van der Waals surface area (Å²) >= 11 is 2.95. The number of ether oxygens (including phenoxy) is 1. The van der Waals surface area contributed by atoms with Gasteiger partial charge >= 0.3 is 0 Å². The molecule has 0 saturated heterocycles. The SMILES string of the molecule is COCC(CO)Nc1cc(Br)c(F)cc1[N+](=O)[O-]. The highest BCUT2D eigenvalue weighted by Crippen LogP contribution is 2.30. The van der Waals surface area contributed by atoms with Gasteiger partial charge in [-0.15, -0.1) is 0 Å². The van der Waals surface area contributed by atoms with Crippen LogP contribution in [0.25, 0.3) is 0 Å². The molecule has 0 amide bonds. The van der Waals surface area contributed by atoms with Crippen LogP contribution in [-0.4, -0.2) is 36.4 Å². The molecule has 1 rings (SSSR count). The number of nitrogens with zero attached hydrogens (tertiary/aromatic N) is 1. The second kappa shape index (κ2) is 6.62. The first kappa shape index (κ1) is 14.8. The molecule has 0 radical (unpaired) electrons. The van der Waals surface area contributed by atoms with E-state index in [1.807, 2.05) is 0 Å². The lowest BCUT2D eigenvalue weighted by Crippen LogP contribution is -2.29. The normalized spacial score (nSPS) is 12.2. The van der Waals surface area contributed by atoms with Crippen LogP contribution < -0.4 is 5.32 Å². The predicted molar refractivity (Wildman–Crippen MR) is 67.1 cm³/mol. The minimum Gasteiger partial charge on any atom is -0.394 e. The van der Waals surface area contributed by atoms with Crippen molar-refractivity contribution < 1.29 is 19.2 Å². The van der Waals surface area contributed by atoms with Gasteiger partial charge in [0, 0.05) is 7.11 Å². The van der Waals surface area contributed by atoms with Gasteiger partial charge in [-0.3, -0.25) is 10.1 Å². The summed E-state index contributed by atoms with van der Waals surface area (Å²) in [5, 5.41) is 22.6. The molecule has 0 heterocycles. The highest BCUT2D eigenvalue weighted by Gasteiger charge is 2.20. The molecule has 0 spiro atoms. The van der Waals surface area contributed by atoms with Crippen LogP contribution in [-0.2, 0) is 4.74 Å². The Morgan fingerprint density at radius 2 is 2.33 bits per heavy atom. The number of hydrogen-bond donors (Lipinski definition) is 2. The van der Waals surface area contributed by atoms with E-state index in [0.717, 1.165) is 6.07 Å². The van der Waals surface area contributed by atoms with Crippen molar-refractivity contribution in [1.82, 2.24) is 0 Å². The molecule has 18 heavy (non-hydrogen) atoms. The molecule has 0 fully saturated rings. The summed E-state index contributed by atoms with van der Waals surface area (Å²) in [5.41, 5.74) is -0.283. The van der Waals surface area contributed by atoms with Crippen LogP contribution in [0.5, 0.6) is 0 Å². The number of nitrogens with one attached hydrogen (secondary N) is 1. The number of rotatable bonds is 6. The van der Waals surface area contributed by atoms with E-state index < -0.39 is 22.5 Å². The van der Waals surface area contributed by atoms with Crippen molar-refractivity contribution in [3.05, 3.63) is 32.5 Å². The Balaban J connectivity index is 3.06. The van der Waals surface area contributed by atoms with Gasteiger partial charge in [-0.2, -0.15) is 0 Å². The first-order valence-corrected chi connectivity index (χ1v) is 5.78. The van der Waals surface area contributed by atoms with Crippen molar-refractivity contribution in [3.8, 4) is 0 Å². The van der Waals surface area contributed by atoms with Gasteiger partial charge in [0.15, 0.2) is 0 Å². The van der Waals surface area contributed by atoms with Crippen molar-refractivity contribution in [1.29, 1.82) is 0 Å². The molecule has 100 valence electrons. The maximum Gasteiger partial charge on any atom is 0.295 e. The van der Waals surface area contributed by atoms with Crippen molar-refractivity contribution in [3.63, 3.8) is 0 Å². The summed E-state index contributed by atoms with van der Waals surface area (Å²) in [7, 11) is 1.44. The lowest BCUT2D eigenvalue weighted by Gasteiger charge is -2.16. The molecule has 0 aliphatic rings. The molecule has 1 atom stereocenters. The van der Waals surface area contributed by atoms with E-state index in [-0.39, 0.29) is 23.4 Å². The minimum atomic E-state index is -0.723. The molecule has 0 aliphatic heterocycles. The van der Waals surface area contributed by atoms with Crippen molar-refractivity contribution in [2.24, 2.45) is 0 Å². The van der Waals surface area contributed by atoms with Gasteiger partial charge in [0.1, 0.15) is 11.5 Å². The smallest absolute Gasteiger partial charge is 0.295 e. The zero-order valence-electron chi connectivity index (χ0n) is 9.52. The topological polar surface area (TPSA) is 84.6 Å². The number of anilines is 1. The Morgan fingerprint density at radius 3 is 2.83 bits per heavy atom. The number of methoxy groups -OCH3 is 1. The fourth-order valence-electron chi connectivity index (χ4n) is 1.36. The number of nitro benzene ring substituents is 1. The molecule has 2 N–H and O–H groups in total. The van der Waals surface area contributed by atoms with Crippen LogP contribution in [0.15, 0.2) is 16.6 Å². The monoisotopic (exact) mass is 322 g/mol. The van der Waals surface area contributed by atoms with Gasteiger partial charge in [-0.1, -0.05) is 0 Å². The number of aliphatic hydroxyl groups excluding tert-OH is 1. The van der Waals surface area contributed by atoms with E-state index in [1.165, 1.54) is 13.2 Å². The molecule has 6 nitrogen and oxygen atoms in total. The number of aliphatic hydroxyl groups is 1. The third-order valence-electron chi connectivity index (χ3n) is 2.18. The van der Waals surface area contributed by atoms with E-state index in [4.69, 9.17) is 9.84 Å². The Labute approximate surface area is 111 Å². The number of nitro groups is 1.